The third kappa shape index (κ3) is 5.01. The van der Waals surface area contributed by atoms with Crippen molar-refractivity contribution in [2.75, 3.05) is 27.1 Å². The molecule has 38 heavy (non-hydrogen) atoms. The number of carbonyl (C=O) groups is 1. The van der Waals surface area contributed by atoms with Crippen molar-refractivity contribution in [1.29, 1.82) is 0 Å². The van der Waals surface area contributed by atoms with Crippen molar-refractivity contribution in [1.82, 2.24) is 4.31 Å². The fraction of sp³-hybridized carbons (Fsp3) is 0.367. The molecule has 0 bridgehead atoms. The molecule has 3 aromatic carbocycles. The van der Waals surface area contributed by atoms with Crippen molar-refractivity contribution in [2.24, 2.45) is 0 Å². The fourth-order valence-electron chi connectivity index (χ4n) is 5.55. The highest BCUT2D eigenvalue weighted by atomic mass is 32.2. The van der Waals surface area contributed by atoms with Gasteiger partial charge in [-0.25, -0.2) is 8.51 Å². The minimum absolute atomic E-state index is 0. The number of nitrogens with zero attached hydrogens (tertiary/aromatic N) is 1. The van der Waals surface area contributed by atoms with Crippen LogP contribution in [0.15, 0.2) is 71.6 Å². The Balaban J connectivity index is 0.00000294. The van der Waals surface area contributed by atoms with Crippen LogP contribution in [-0.2, 0) is 32.4 Å². The Kier molecular flexibility index (Phi) is 7.68. The van der Waals surface area contributed by atoms with Crippen LogP contribution < -0.4 is 9.47 Å². The second kappa shape index (κ2) is 11.0. The quantitative estimate of drug-likeness (QED) is 0.409. The summed E-state index contributed by atoms with van der Waals surface area (Å²) in [7, 11) is 0.495. The van der Waals surface area contributed by atoms with Gasteiger partial charge in [0, 0.05) is 26.1 Å². The normalized spacial score (nSPS) is 20.1. The first kappa shape index (κ1) is 26.6. The predicted molar refractivity (Wildman–Crippen MR) is 146 cm³/mol. The van der Waals surface area contributed by atoms with E-state index in [1.165, 1.54) is 0 Å². The smallest absolute Gasteiger partial charge is 0.231 e. The van der Waals surface area contributed by atoms with E-state index in [9.17, 15) is 9.00 Å². The van der Waals surface area contributed by atoms with Gasteiger partial charge in [-0.15, -0.1) is 0 Å². The first-order chi connectivity index (χ1) is 18.1. The fourth-order valence-corrected chi connectivity index (χ4v) is 6.92. The number of methoxy groups -OCH3 is 1. The summed E-state index contributed by atoms with van der Waals surface area (Å²) in [4.78, 5) is 14.2. The number of rotatable bonds is 9. The molecule has 3 aromatic rings. The Morgan fingerprint density at radius 2 is 1.82 bits per heavy atom. The average molecular weight is 536 g/mol. The van der Waals surface area contributed by atoms with E-state index in [0.717, 1.165) is 70.9 Å². The lowest BCUT2D eigenvalue weighted by Crippen LogP contribution is -2.34. The summed E-state index contributed by atoms with van der Waals surface area (Å²) < 4.78 is 31.5. The Hall–Kier alpha value is -3.04. The maximum Gasteiger partial charge on any atom is 0.231 e. The van der Waals surface area contributed by atoms with Gasteiger partial charge >= 0.3 is 0 Å². The van der Waals surface area contributed by atoms with Crippen molar-refractivity contribution in [2.45, 2.75) is 48.5 Å². The van der Waals surface area contributed by atoms with Gasteiger partial charge in [0.05, 0.1) is 16.9 Å². The van der Waals surface area contributed by atoms with Crippen molar-refractivity contribution in [3.05, 3.63) is 77.9 Å². The zero-order valence-electron chi connectivity index (χ0n) is 21.5. The molecule has 1 saturated heterocycles. The van der Waals surface area contributed by atoms with Gasteiger partial charge in [-0.2, -0.15) is 0 Å². The number of ketones is 1. The second-order valence-corrected chi connectivity index (χ2v) is 11.6. The molecule has 1 unspecified atom stereocenters. The summed E-state index contributed by atoms with van der Waals surface area (Å²) in [5, 5.41) is 0. The summed E-state index contributed by atoms with van der Waals surface area (Å²) in [5.41, 5.74) is 3.70. The maximum absolute atomic E-state index is 13.4. The number of Topliss-reactive ketones (excluding diaryl/α,β-unsaturated/α-hetero) is 1. The molecular formula is C30H33NO6S. The van der Waals surface area contributed by atoms with Crippen LogP contribution in [0.1, 0.15) is 36.8 Å². The number of carbonyl (C=O) groups excluding carboxylic acids is 1. The lowest BCUT2D eigenvalue weighted by molar-refractivity contribution is -0.120. The standard InChI is InChI=1S/C30H31NO5S.H2O/c1-34-19-25-6-3-15-31(25)37(33)26-10-7-22(8-11-26)23-5-2-4-21(16-23)17-29(32)30(13-14-30)24-9-12-27-28(18-24)36-20-35-27;/h2,4-5,7-12,16,18,25H,3,6,13-15,17,19-20H2,1H3;1H2/t25-,37?;/m0./s1. The molecule has 6 rings (SSSR count). The number of hydrogen-bond donors (Lipinski definition) is 0. The molecule has 0 spiro atoms. The highest BCUT2D eigenvalue weighted by Gasteiger charge is 2.50. The van der Waals surface area contributed by atoms with E-state index in [-0.39, 0.29) is 24.1 Å². The number of hydrogen-bond acceptors (Lipinski definition) is 5. The van der Waals surface area contributed by atoms with Gasteiger partial charge in [-0.3, -0.25) is 4.79 Å². The van der Waals surface area contributed by atoms with E-state index in [2.05, 4.69) is 12.1 Å². The molecule has 200 valence electrons. The zero-order chi connectivity index (χ0) is 25.4. The van der Waals surface area contributed by atoms with Gasteiger partial charge in [0.1, 0.15) is 16.8 Å². The van der Waals surface area contributed by atoms with Gasteiger partial charge in [0.25, 0.3) is 0 Å². The van der Waals surface area contributed by atoms with Crippen molar-refractivity contribution in [3.63, 3.8) is 0 Å². The van der Waals surface area contributed by atoms with Crippen molar-refractivity contribution in [3.8, 4) is 22.6 Å². The monoisotopic (exact) mass is 535 g/mol. The van der Waals surface area contributed by atoms with E-state index in [1.807, 2.05) is 58.9 Å². The summed E-state index contributed by atoms with van der Waals surface area (Å²) in [6.45, 7) is 1.66. The van der Waals surface area contributed by atoms with Crippen LogP contribution in [0.3, 0.4) is 0 Å². The molecule has 2 atom stereocenters. The predicted octanol–water partition coefficient (Wildman–Crippen LogP) is 4.23. The Labute approximate surface area is 225 Å². The SMILES string of the molecule is COC[C@@H]1CCCN1S(=O)c1ccc(-c2cccc(CC(=O)C3(c4ccc5c(c4)OCO5)CC3)c2)cc1.O. The largest absolute Gasteiger partial charge is 0.454 e. The average Bonchev–Trinajstić information content (AvgIpc) is 3.38. The molecule has 8 heteroatoms. The molecule has 2 fully saturated rings. The van der Waals surface area contributed by atoms with Crippen LogP contribution in [0.5, 0.6) is 11.5 Å². The van der Waals surface area contributed by atoms with Crippen LogP contribution in [0, 0.1) is 0 Å². The highest BCUT2D eigenvalue weighted by Crippen LogP contribution is 2.51. The molecule has 1 aliphatic carbocycles. The third-order valence-corrected chi connectivity index (χ3v) is 9.37. The van der Waals surface area contributed by atoms with E-state index >= 15 is 0 Å². The summed E-state index contributed by atoms with van der Waals surface area (Å²) in [5.74, 6) is 1.71. The topological polar surface area (TPSA) is 96.6 Å². The molecular weight excluding hydrogens is 502 g/mol. The van der Waals surface area contributed by atoms with E-state index in [0.29, 0.717) is 13.0 Å². The van der Waals surface area contributed by atoms with E-state index in [4.69, 9.17) is 14.2 Å². The van der Waals surface area contributed by atoms with Crippen LogP contribution in [-0.4, -0.2) is 52.9 Å². The summed E-state index contributed by atoms with van der Waals surface area (Å²) in [6, 6.07) is 22.2. The van der Waals surface area contributed by atoms with Gasteiger partial charge < -0.3 is 19.7 Å². The van der Waals surface area contributed by atoms with Crippen molar-refractivity contribution >= 4 is 16.8 Å². The molecule has 0 aromatic heterocycles. The van der Waals surface area contributed by atoms with Gasteiger partial charge in [-0.1, -0.05) is 42.5 Å². The molecule has 0 radical (unpaired) electrons. The van der Waals surface area contributed by atoms with Crippen LogP contribution in [0.4, 0.5) is 0 Å². The molecule has 2 heterocycles. The van der Waals surface area contributed by atoms with Gasteiger partial charge in [0.15, 0.2) is 11.5 Å². The molecule has 2 aliphatic heterocycles. The lowest BCUT2D eigenvalue weighted by Gasteiger charge is -2.22. The number of benzene rings is 3. The second-order valence-electron chi connectivity index (χ2n) is 10.1. The Morgan fingerprint density at radius 1 is 1.03 bits per heavy atom. The van der Waals surface area contributed by atoms with E-state index in [1.54, 1.807) is 7.11 Å². The highest BCUT2D eigenvalue weighted by molar-refractivity contribution is 7.82. The molecule has 1 saturated carbocycles. The molecule has 3 aliphatic rings. The van der Waals surface area contributed by atoms with Crippen molar-refractivity contribution < 1.29 is 28.7 Å². The van der Waals surface area contributed by atoms with Crippen LogP contribution in [0.2, 0.25) is 0 Å². The Morgan fingerprint density at radius 3 is 2.58 bits per heavy atom. The lowest BCUT2D eigenvalue weighted by atomic mass is 9.87. The Bertz CT molecular complexity index is 1340. The maximum atomic E-state index is 13.4. The third-order valence-electron chi connectivity index (χ3n) is 7.79. The molecule has 0 amide bonds. The van der Waals surface area contributed by atoms with Gasteiger partial charge in [-0.05, 0) is 72.2 Å². The number of fused-ring (bicyclic) bond motifs is 1. The minimum atomic E-state index is -1.20. The first-order valence-electron chi connectivity index (χ1n) is 12.9. The summed E-state index contributed by atoms with van der Waals surface area (Å²) in [6.07, 6.45) is 4.18. The van der Waals surface area contributed by atoms with E-state index < -0.39 is 16.4 Å². The summed E-state index contributed by atoms with van der Waals surface area (Å²) >= 11 is 0. The van der Waals surface area contributed by atoms with Crippen LogP contribution in [0.25, 0.3) is 11.1 Å². The van der Waals surface area contributed by atoms with Gasteiger partial charge in [0.2, 0.25) is 6.79 Å². The zero-order valence-corrected chi connectivity index (χ0v) is 22.3. The first-order valence-corrected chi connectivity index (χ1v) is 14.0. The number of ether oxygens (including phenoxy) is 3. The van der Waals surface area contributed by atoms with Crippen LogP contribution >= 0.6 is 0 Å². The molecule has 2 N–H and O–H groups in total. The molecule has 7 nitrogen and oxygen atoms in total. The minimum Gasteiger partial charge on any atom is -0.454 e.